The molecule has 4 atom stereocenters. The van der Waals surface area contributed by atoms with E-state index in [1.807, 2.05) is 0 Å². The van der Waals surface area contributed by atoms with Crippen molar-refractivity contribution in [1.82, 2.24) is 15.0 Å². The first-order valence-corrected chi connectivity index (χ1v) is 8.40. The van der Waals surface area contributed by atoms with Crippen molar-refractivity contribution in [3.05, 3.63) is 23.5 Å². The second-order valence-electron chi connectivity index (χ2n) is 6.07. The number of pyridine rings is 1. The first-order valence-electron chi connectivity index (χ1n) is 8.02. The molecule has 0 saturated heterocycles. The van der Waals surface area contributed by atoms with E-state index < -0.39 is 24.2 Å². The van der Waals surface area contributed by atoms with E-state index >= 15 is 0 Å². The number of nitrogens with zero attached hydrogens (tertiary/aromatic N) is 3. The molecule has 0 aliphatic heterocycles. The van der Waals surface area contributed by atoms with Crippen molar-refractivity contribution in [2.75, 3.05) is 24.8 Å². The quantitative estimate of drug-likeness (QED) is 0.461. The molecule has 0 unspecified atom stereocenters. The van der Waals surface area contributed by atoms with Crippen LogP contribution in [0.5, 0.6) is 5.88 Å². The normalized spacial score (nSPS) is 25.3. The fourth-order valence-corrected chi connectivity index (χ4v) is 3.44. The maximum atomic E-state index is 10.3. The Morgan fingerprint density at radius 2 is 2.12 bits per heavy atom. The van der Waals surface area contributed by atoms with E-state index in [-0.39, 0.29) is 23.5 Å². The maximum absolute atomic E-state index is 10.3. The zero-order chi connectivity index (χ0) is 18.8. The van der Waals surface area contributed by atoms with Gasteiger partial charge in [0.2, 0.25) is 11.8 Å². The lowest BCUT2D eigenvalue weighted by molar-refractivity contribution is 0.00446. The van der Waals surface area contributed by atoms with Crippen LogP contribution < -0.4 is 15.8 Å². The average Bonchev–Trinajstić information content (AvgIpc) is 2.89. The van der Waals surface area contributed by atoms with Gasteiger partial charge in [0.1, 0.15) is 17.1 Å². The predicted octanol–water partition coefficient (Wildman–Crippen LogP) is 0.297. The number of anilines is 2. The SMILES string of the molecule is COc1ncccc1-c1c(Cl)nc(N)nc1N[C@@H]1C[C@H](CO)[C@@H](O)[C@H]1O. The molecule has 0 bridgehead atoms. The van der Waals surface area contributed by atoms with Gasteiger partial charge in [-0.2, -0.15) is 4.98 Å². The summed E-state index contributed by atoms with van der Waals surface area (Å²) < 4.78 is 5.28. The smallest absolute Gasteiger partial charge is 0.223 e. The van der Waals surface area contributed by atoms with Crippen molar-refractivity contribution in [1.29, 1.82) is 0 Å². The average molecular weight is 382 g/mol. The number of halogens is 1. The Balaban J connectivity index is 2.03. The van der Waals surface area contributed by atoms with E-state index in [9.17, 15) is 15.3 Å². The van der Waals surface area contributed by atoms with Gasteiger partial charge in [0.15, 0.2) is 0 Å². The standard InChI is InChI=1S/C16H20ClN5O4/c1-26-15-8(3-2-4-19-15)10-13(17)21-16(18)22-14(10)20-9-5-7(6-23)11(24)12(9)25/h2-4,7,9,11-12,23-25H,5-6H2,1H3,(H3,18,20,21,22)/t7-,9-,11-,12+/m1/s1. The first-order chi connectivity index (χ1) is 12.5. The van der Waals surface area contributed by atoms with Gasteiger partial charge in [-0.25, -0.2) is 9.97 Å². The van der Waals surface area contributed by atoms with Gasteiger partial charge in [0.05, 0.1) is 30.4 Å². The van der Waals surface area contributed by atoms with Crippen LogP contribution in [0.25, 0.3) is 11.1 Å². The van der Waals surface area contributed by atoms with Crippen LogP contribution in [0.2, 0.25) is 5.15 Å². The predicted molar refractivity (Wildman–Crippen MR) is 95.9 cm³/mol. The topological polar surface area (TPSA) is 147 Å². The number of aliphatic hydroxyl groups excluding tert-OH is 3. The van der Waals surface area contributed by atoms with Crippen molar-refractivity contribution >= 4 is 23.4 Å². The monoisotopic (exact) mass is 381 g/mol. The lowest BCUT2D eigenvalue weighted by atomic mass is 10.1. The minimum Gasteiger partial charge on any atom is -0.481 e. The molecule has 3 rings (SSSR count). The minimum absolute atomic E-state index is 0.0455. The van der Waals surface area contributed by atoms with E-state index in [0.717, 1.165) is 0 Å². The number of ether oxygens (including phenoxy) is 1. The number of aromatic nitrogens is 3. The zero-order valence-electron chi connectivity index (χ0n) is 14.0. The highest BCUT2D eigenvalue weighted by atomic mass is 35.5. The van der Waals surface area contributed by atoms with Crippen LogP contribution in [0.4, 0.5) is 11.8 Å². The van der Waals surface area contributed by atoms with Crippen LogP contribution in [0, 0.1) is 5.92 Å². The van der Waals surface area contributed by atoms with Gasteiger partial charge in [-0.3, -0.25) is 0 Å². The summed E-state index contributed by atoms with van der Waals surface area (Å²) in [6.07, 6.45) is -0.191. The molecular formula is C16H20ClN5O4. The number of hydrogen-bond donors (Lipinski definition) is 5. The molecule has 2 heterocycles. The highest BCUT2D eigenvalue weighted by Gasteiger charge is 2.41. The van der Waals surface area contributed by atoms with Crippen molar-refractivity contribution in [3.8, 4) is 17.0 Å². The van der Waals surface area contributed by atoms with Crippen LogP contribution in [-0.4, -0.2) is 62.2 Å². The summed E-state index contributed by atoms with van der Waals surface area (Å²) in [6, 6.07) is 2.91. The van der Waals surface area contributed by atoms with Crippen molar-refractivity contribution in [2.45, 2.75) is 24.7 Å². The van der Waals surface area contributed by atoms with Gasteiger partial charge in [0, 0.05) is 18.7 Å². The molecule has 26 heavy (non-hydrogen) atoms. The summed E-state index contributed by atoms with van der Waals surface area (Å²) in [5, 5.41) is 32.8. The molecule has 2 aromatic heterocycles. The highest BCUT2D eigenvalue weighted by Crippen LogP contribution is 2.39. The summed E-state index contributed by atoms with van der Waals surface area (Å²) in [4.78, 5) is 12.3. The summed E-state index contributed by atoms with van der Waals surface area (Å²) >= 11 is 6.30. The number of hydrogen-bond acceptors (Lipinski definition) is 9. The van der Waals surface area contributed by atoms with Gasteiger partial charge in [-0.1, -0.05) is 11.6 Å². The summed E-state index contributed by atoms with van der Waals surface area (Å²) in [5.41, 5.74) is 6.69. The molecule has 1 fully saturated rings. The van der Waals surface area contributed by atoms with Crippen molar-refractivity contribution in [3.63, 3.8) is 0 Å². The Morgan fingerprint density at radius 3 is 2.77 bits per heavy atom. The molecule has 0 aromatic carbocycles. The number of aliphatic hydroxyl groups is 3. The second kappa shape index (κ2) is 7.58. The maximum Gasteiger partial charge on any atom is 0.223 e. The fraction of sp³-hybridized carbons (Fsp3) is 0.438. The first kappa shape index (κ1) is 18.6. The summed E-state index contributed by atoms with van der Waals surface area (Å²) in [6.45, 7) is -0.230. The Kier molecular flexibility index (Phi) is 5.42. The number of nitrogen functional groups attached to an aromatic ring is 1. The molecule has 1 aliphatic rings. The van der Waals surface area contributed by atoms with E-state index in [0.29, 0.717) is 23.4 Å². The molecule has 0 radical (unpaired) electrons. The van der Waals surface area contributed by atoms with Crippen LogP contribution in [0.15, 0.2) is 18.3 Å². The molecule has 1 saturated carbocycles. The molecule has 0 amide bonds. The molecule has 140 valence electrons. The van der Waals surface area contributed by atoms with Crippen LogP contribution in [0.3, 0.4) is 0 Å². The molecule has 2 aromatic rings. The second-order valence-corrected chi connectivity index (χ2v) is 6.42. The molecule has 0 spiro atoms. The fourth-order valence-electron chi connectivity index (χ4n) is 3.16. The molecule has 9 nitrogen and oxygen atoms in total. The van der Waals surface area contributed by atoms with E-state index in [1.54, 1.807) is 18.3 Å². The van der Waals surface area contributed by atoms with E-state index in [1.165, 1.54) is 7.11 Å². The number of nitrogens with one attached hydrogen (secondary N) is 1. The van der Waals surface area contributed by atoms with Gasteiger partial charge in [-0.15, -0.1) is 0 Å². The van der Waals surface area contributed by atoms with Gasteiger partial charge in [-0.05, 0) is 18.6 Å². The van der Waals surface area contributed by atoms with E-state index in [4.69, 9.17) is 22.1 Å². The largest absolute Gasteiger partial charge is 0.481 e. The third kappa shape index (κ3) is 3.38. The van der Waals surface area contributed by atoms with Gasteiger partial charge >= 0.3 is 0 Å². The Hall–Kier alpha value is -2.20. The Bertz CT molecular complexity index is 793. The van der Waals surface area contributed by atoms with Crippen LogP contribution >= 0.6 is 11.6 Å². The third-order valence-corrected chi connectivity index (χ3v) is 4.75. The summed E-state index contributed by atoms with van der Waals surface area (Å²) in [5.74, 6) is 0.124. The van der Waals surface area contributed by atoms with E-state index in [2.05, 4.69) is 20.3 Å². The molecule has 6 N–H and O–H groups in total. The number of nitrogens with two attached hydrogens (primary N) is 1. The van der Waals surface area contributed by atoms with Gasteiger partial charge in [0.25, 0.3) is 0 Å². The van der Waals surface area contributed by atoms with Crippen LogP contribution in [-0.2, 0) is 0 Å². The number of rotatable bonds is 5. The minimum atomic E-state index is -1.08. The van der Waals surface area contributed by atoms with Crippen LogP contribution in [0.1, 0.15) is 6.42 Å². The zero-order valence-corrected chi connectivity index (χ0v) is 14.8. The Labute approximate surface area is 154 Å². The van der Waals surface area contributed by atoms with Crippen molar-refractivity contribution < 1.29 is 20.1 Å². The third-order valence-electron chi connectivity index (χ3n) is 4.47. The van der Waals surface area contributed by atoms with Gasteiger partial charge < -0.3 is 31.1 Å². The molecular weight excluding hydrogens is 362 g/mol. The lowest BCUT2D eigenvalue weighted by Crippen LogP contribution is -2.35. The number of methoxy groups -OCH3 is 1. The molecule has 1 aliphatic carbocycles. The lowest BCUT2D eigenvalue weighted by Gasteiger charge is -2.21. The van der Waals surface area contributed by atoms with Crippen molar-refractivity contribution in [2.24, 2.45) is 5.92 Å². The summed E-state index contributed by atoms with van der Waals surface area (Å²) in [7, 11) is 1.48. The Morgan fingerprint density at radius 1 is 1.35 bits per heavy atom. The molecule has 10 heteroatoms. The highest BCUT2D eigenvalue weighted by molar-refractivity contribution is 6.33.